The molecule has 0 amide bonds. The maximum absolute atomic E-state index is 10.3. The predicted octanol–water partition coefficient (Wildman–Crippen LogP) is 1.35. The van der Waals surface area contributed by atoms with Crippen molar-refractivity contribution in [3.8, 4) is 0 Å². The highest BCUT2D eigenvalue weighted by molar-refractivity contribution is 5.85. The second kappa shape index (κ2) is 7.09. The highest BCUT2D eigenvalue weighted by Crippen LogP contribution is 2.11. The first-order valence-electron chi connectivity index (χ1n) is 4.78. The molecular weight excluding hydrogens is 228 g/mol. The van der Waals surface area contributed by atoms with Crippen molar-refractivity contribution in [3.63, 3.8) is 0 Å². The fraction of sp³-hybridized carbons (Fsp3) is 0.364. The molecule has 5 heteroatoms. The Morgan fingerprint density at radius 3 is 2.31 bits per heavy atom. The zero-order valence-corrected chi connectivity index (χ0v) is 10.3. The van der Waals surface area contributed by atoms with Crippen LogP contribution < -0.4 is 10.2 Å². The molecule has 0 heterocycles. The van der Waals surface area contributed by atoms with E-state index < -0.39 is 5.97 Å². The molecule has 0 saturated carbocycles. The van der Waals surface area contributed by atoms with Gasteiger partial charge in [-0.25, -0.2) is 0 Å². The number of halogens is 1. The van der Waals surface area contributed by atoms with Crippen LogP contribution in [-0.4, -0.2) is 31.7 Å². The van der Waals surface area contributed by atoms with Crippen molar-refractivity contribution in [2.24, 2.45) is 0 Å². The zero-order valence-electron chi connectivity index (χ0n) is 9.43. The number of rotatable bonds is 5. The highest BCUT2D eigenvalue weighted by Gasteiger charge is 1.98. The Hall–Kier alpha value is -1.26. The first kappa shape index (κ1) is 14.7. The molecule has 0 radical (unpaired) electrons. The summed E-state index contributed by atoms with van der Waals surface area (Å²) < 4.78 is 0. The summed E-state index contributed by atoms with van der Waals surface area (Å²) in [6, 6.07) is 8.00. The molecule has 1 aromatic rings. The Kier molecular flexibility index (Phi) is 6.53. The molecule has 0 aliphatic carbocycles. The first-order valence-corrected chi connectivity index (χ1v) is 4.78. The van der Waals surface area contributed by atoms with Gasteiger partial charge in [0.15, 0.2) is 0 Å². The third-order valence-corrected chi connectivity index (χ3v) is 2.06. The lowest BCUT2D eigenvalue weighted by molar-refractivity contribution is -0.135. The van der Waals surface area contributed by atoms with Crippen molar-refractivity contribution in [1.29, 1.82) is 0 Å². The van der Waals surface area contributed by atoms with Gasteiger partial charge in [-0.3, -0.25) is 4.79 Å². The van der Waals surface area contributed by atoms with Crippen LogP contribution in [0, 0.1) is 0 Å². The number of carboxylic acids is 1. The average molecular weight is 245 g/mol. The molecule has 0 atom stereocenters. The Labute approximate surface area is 102 Å². The SMILES string of the molecule is CN(C)c1ccc(CNCC(=O)O)cc1.Cl. The Balaban J connectivity index is 0.00000225. The number of hydrogen-bond acceptors (Lipinski definition) is 3. The van der Waals surface area contributed by atoms with Crippen LogP contribution in [0.25, 0.3) is 0 Å². The van der Waals surface area contributed by atoms with E-state index in [2.05, 4.69) is 5.32 Å². The minimum Gasteiger partial charge on any atom is -0.480 e. The van der Waals surface area contributed by atoms with E-state index in [-0.39, 0.29) is 19.0 Å². The minimum absolute atomic E-state index is 0. The molecule has 0 spiro atoms. The summed E-state index contributed by atoms with van der Waals surface area (Å²) in [4.78, 5) is 12.3. The lowest BCUT2D eigenvalue weighted by atomic mass is 10.2. The summed E-state index contributed by atoms with van der Waals surface area (Å²) in [5, 5.41) is 11.3. The number of nitrogens with one attached hydrogen (secondary N) is 1. The van der Waals surface area contributed by atoms with E-state index in [1.54, 1.807) is 0 Å². The molecule has 0 fully saturated rings. The van der Waals surface area contributed by atoms with Crippen molar-refractivity contribution < 1.29 is 9.90 Å². The first-order chi connectivity index (χ1) is 7.09. The van der Waals surface area contributed by atoms with Crippen LogP contribution in [0.2, 0.25) is 0 Å². The smallest absolute Gasteiger partial charge is 0.317 e. The van der Waals surface area contributed by atoms with Crippen molar-refractivity contribution in [1.82, 2.24) is 5.32 Å². The average Bonchev–Trinajstić information content (AvgIpc) is 2.18. The van der Waals surface area contributed by atoms with Crippen molar-refractivity contribution in [2.75, 3.05) is 25.5 Å². The number of anilines is 1. The molecule has 0 aromatic heterocycles. The van der Waals surface area contributed by atoms with Crippen molar-refractivity contribution >= 4 is 24.1 Å². The summed E-state index contributed by atoms with van der Waals surface area (Å²) in [6.07, 6.45) is 0. The van der Waals surface area contributed by atoms with Gasteiger partial charge in [-0.15, -0.1) is 12.4 Å². The maximum Gasteiger partial charge on any atom is 0.317 e. The van der Waals surface area contributed by atoms with E-state index >= 15 is 0 Å². The van der Waals surface area contributed by atoms with Gasteiger partial charge >= 0.3 is 5.97 Å². The molecule has 0 saturated heterocycles. The molecule has 0 aliphatic rings. The summed E-state index contributed by atoms with van der Waals surface area (Å²) in [6.45, 7) is 0.579. The molecule has 90 valence electrons. The van der Waals surface area contributed by atoms with Crippen LogP contribution in [0.3, 0.4) is 0 Å². The van der Waals surface area contributed by atoms with Crippen LogP contribution in [0.15, 0.2) is 24.3 Å². The topological polar surface area (TPSA) is 52.6 Å². The minimum atomic E-state index is -0.833. The van der Waals surface area contributed by atoms with Gasteiger partial charge in [0.1, 0.15) is 0 Å². The van der Waals surface area contributed by atoms with E-state index in [1.165, 1.54) is 0 Å². The standard InChI is InChI=1S/C11H16N2O2.ClH/c1-13(2)10-5-3-9(4-6-10)7-12-8-11(14)15;/h3-6,12H,7-8H2,1-2H3,(H,14,15);1H. The number of hydrogen-bond donors (Lipinski definition) is 2. The third-order valence-electron chi connectivity index (χ3n) is 2.06. The Morgan fingerprint density at radius 1 is 1.31 bits per heavy atom. The lowest BCUT2D eigenvalue weighted by Crippen LogP contribution is -2.21. The van der Waals surface area contributed by atoms with Gasteiger partial charge in [-0.2, -0.15) is 0 Å². The predicted molar refractivity (Wildman–Crippen MR) is 67.4 cm³/mol. The van der Waals surface area contributed by atoms with Crippen LogP contribution >= 0.6 is 12.4 Å². The summed E-state index contributed by atoms with van der Waals surface area (Å²) in [5.41, 5.74) is 2.22. The summed E-state index contributed by atoms with van der Waals surface area (Å²) in [5.74, 6) is -0.833. The van der Waals surface area contributed by atoms with Gasteiger partial charge in [0.25, 0.3) is 0 Å². The Morgan fingerprint density at radius 2 is 1.88 bits per heavy atom. The van der Waals surface area contributed by atoms with Crippen molar-refractivity contribution in [2.45, 2.75) is 6.54 Å². The molecule has 2 N–H and O–H groups in total. The molecule has 1 aromatic carbocycles. The van der Waals surface area contributed by atoms with E-state index in [9.17, 15) is 4.79 Å². The second-order valence-corrected chi connectivity index (χ2v) is 3.56. The molecular formula is C11H17ClN2O2. The van der Waals surface area contributed by atoms with Crippen LogP contribution in [0.1, 0.15) is 5.56 Å². The van der Waals surface area contributed by atoms with E-state index in [1.807, 2.05) is 43.3 Å². The quantitative estimate of drug-likeness (QED) is 0.821. The van der Waals surface area contributed by atoms with Gasteiger partial charge in [0.2, 0.25) is 0 Å². The van der Waals surface area contributed by atoms with Gasteiger partial charge in [0.05, 0.1) is 6.54 Å². The maximum atomic E-state index is 10.3. The number of benzene rings is 1. The van der Waals surface area contributed by atoms with Crippen LogP contribution in [-0.2, 0) is 11.3 Å². The lowest BCUT2D eigenvalue weighted by Gasteiger charge is -2.12. The number of nitrogens with zero attached hydrogens (tertiary/aromatic N) is 1. The normalized spacial score (nSPS) is 9.38. The molecule has 16 heavy (non-hydrogen) atoms. The van der Waals surface area contributed by atoms with Gasteiger partial charge < -0.3 is 15.3 Å². The van der Waals surface area contributed by atoms with Gasteiger partial charge in [-0.05, 0) is 17.7 Å². The van der Waals surface area contributed by atoms with E-state index in [4.69, 9.17) is 5.11 Å². The molecule has 4 nitrogen and oxygen atoms in total. The fourth-order valence-corrected chi connectivity index (χ4v) is 1.23. The summed E-state index contributed by atoms with van der Waals surface area (Å²) >= 11 is 0. The zero-order chi connectivity index (χ0) is 11.3. The highest BCUT2D eigenvalue weighted by atomic mass is 35.5. The monoisotopic (exact) mass is 244 g/mol. The number of carboxylic acid groups (broad SMARTS) is 1. The van der Waals surface area contributed by atoms with Crippen LogP contribution in [0.4, 0.5) is 5.69 Å². The van der Waals surface area contributed by atoms with Gasteiger partial charge in [-0.1, -0.05) is 12.1 Å². The largest absolute Gasteiger partial charge is 0.480 e. The molecule has 0 bridgehead atoms. The van der Waals surface area contributed by atoms with Crippen molar-refractivity contribution in [3.05, 3.63) is 29.8 Å². The molecule has 1 rings (SSSR count). The third kappa shape index (κ3) is 5.00. The summed E-state index contributed by atoms with van der Waals surface area (Å²) in [7, 11) is 3.97. The number of aliphatic carboxylic acids is 1. The second-order valence-electron chi connectivity index (χ2n) is 3.56. The Bertz CT molecular complexity index is 325. The van der Waals surface area contributed by atoms with E-state index in [0.717, 1.165) is 11.3 Å². The van der Waals surface area contributed by atoms with Gasteiger partial charge in [0, 0.05) is 26.3 Å². The molecule has 0 aliphatic heterocycles. The number of carbonyl (C=O) groups is 1. The molecule has 0 unspecified atom stereocenters. The van der Waals surface area contributed by atoms with E-state index in [0.29, 0.717) is 6.54 Å². The fourth-order valence-electron chi connectivity index (χ4n) is 1.23. The van der Waals surface area contributed by atoms with Crippen LogP contribution in [0.5, 0.6) is 0 Å².